The molecule has 2 heterocycles. The Labute approximate surface area is 150 Å². The Balaban J connectivity index is 1.95. The smallest absolute Gasteiger partial charge is 0.279 e. The molecule has 26 heavy (non-hydrogen) atoms. The second-order valence-corrected chi connectivity index (χ2v) is 6.06. The molecular weight excluding hydrogens is 322 g/mol. The first-order valence-electron chi connectivity index (χ1n) is 8.27. The molecule has 2 aromatic carbocycles. The molecule has 0 fully saturated rings. The fourth-order valence-corrected chi connectivity index (χ4v) is 3.18. The van der Waals surface area contributed by atoms with Gasteiger partial charge in [0.25, 0.3) is 5.56 Å². The van der Waals surface area contributed by atoms with Crippen LogP contribution in [0.25, 0.3) is 29.2 Å². The molecule has 4 heteroatoms. The molecular formula is C22H17N3O. The summed E-state index contributed by atoms with van der Waals surface area (Å²) >= 11 is 0. The van der Waals surface area contributed by atoms with Crippen LogP contribution >= 0.6 is 0 Å². The molecule has 0 atom stereocenters. The summed E-state index contributed by atoms with van der Waals surface area (Å²) in [5, 5.41) is 5.22. The lowest BCUT2D eigenvalue weighted by Gasteiger charge is -1.98. The average Bonchev–Trinajstić information content (AvgIpc) is 3.16. The molecule has 0 saturated heterocycles. The highest BCUT2D eigenvalue weighted by molar-refractivity contribution is 5.89. The van der Waals surface area contributed by atoms with E-state index in [0.29, 0.717) is 17.1 Å². The zero-order chi connectivity index (χ0) is 18.1. The highest BCUT2D eigenvalue weighted by atomic mass is 16.1. The highest BCUT2D eigenvalue weighted by Crippen LogP contribution is 2.21. The molecule has 0 saturated carbocycles. The first-order chi connectivity index (χ1) is 12.7. The van der Waals surface area contributed by atoms with Gasteiger partial charge in [-0.05, 0) is 24.3 Å². The Hall–Kier alpha value is -3.71. The maximum absolute atomic E-state index is 12.9. The molecule has 0 unspecified atom stereocenters. The molecule has 0 spiro atoms. The summed E-state index contributed by atoms with van der Waals surface area (Å²) in [6.07, 6.45) is 9.33. The largest absolute Gasteiger partial charge is 0.335 e. The lowest BCUT2D eigenvalue weighted by atomic mass is 10.1. The minimum atomic E-state index is -0.130. The minimum Gasteiger partial charge on any atom is -0.335 e. The normalized spacial score (nSPS) is 11.7. The van der Waals surface area contributed by atoms with E-state index in [2.05, 4.69) is 17.6 Å². The van der Waals surface area contributed by atoms with Gasteiger partial charge in [0.1, 0.15) is 0 Å². The van der Waals surface area contributed by atoms with Crippen molar-refractivity contribution in [3.63, 3.8) is 0 Å². The number of hydrogen-bond donors (Lipinski definition) is 1. The second kappa shape index (κ2) is 6.30. The Morgan fingerprint density at radius 2 is 1.85 bits per heavy atom. The summed E-state index contributed by atoms with van der Waals surface area (Å²) in [6, 6.07) is 17.4. The van der Waals surface area contributed by atoms with Crippen LogP contribution in [0.4, 0.5) is 0 Å². The third-order valence-corrected chi connectivity index (χ3v) is 4.40. The van der Waals surface area contributed by atoms with Gasteiger partial charge in [-0.15, -0.1) is 6.42 Å². The number of H-pyrrole nitrogens is 1. The van der Waals surface area contributed by atoms with E-state index in [1.165, 1.54) is 4.68 Å². The van der Waals surface area contributed by atoms with Crippen molar-refractivity contribution in [3.8, 4) is 18.0 Å². The Bertz CT molecular complexity index is 1300. The van der Waals surface area contributed by atoms with Crippen molar-refractivity contribution >= 4 is 23.6 Å². The summed E-state index contributed by atoms with van der Waals surface area (Å²) < 4.78 is 3.51. The molecule has 126 valence electrons. The van der Waals surface area contributed by atoms with E-state index in [-0.39, 0.29) is 5.56 Å². The fraction of sp³-hybridized carbons (Fsp3) is 0.0455. The number of benzene rings is 2. The third kappa shape index (κ3) is 2.56. The summed E-state index contributed by atoms with van der Waals surface area (Å²) in [7, 11) is 0. The Morgan fingerprint density at radius 1 is 1.12 bits per heavy atom. The zero-order valence-corrected chi connectivity index (χ0v) is 14.1. The topological polar surface area (TPSA) is 42.7 Å². The maximum Gasteiger partial charge on any atom is 0.279 e. The first kappa shape index (κ1) is 15.8. The molecule has 0 aliphatic rings. The molecule has 0 radical (unpaired) electrons. The van der Waals surface area contributed by atoms with E-state index in [1.54, 1.807) is 0 Å². The fourth-order valence-electron chi connectivity index (χ4n) is 3.18. The van der Waals surface area contributed by atoms with Crippen molar-refractivity contribution in [2.24, 2.45) is 0 Å². The van der Waals surface area contributed by atoms with Crippen LogP contribution in [-0.2, 0) is 6.54 Å². The van der Waals surface area contributed by atoms with Crippen molar-refractivity contribution in [3.05, 3.63) is 87.3 Å². The van der Waals surface area contributed by atoms with E-state index in [0.717, 1.165) is 22.2 Å². The molecule has 0 aliphatic heterocycles. The second-order valence-electron chi connectivity index (χ2n) is 6.06. The van der Waals surface area contributed by atoms with E-state index < -0.39 is 0 Å². The van der Waals surface area contributed by atoms with Gasteiger partial charge in [0, 0.05) is 22.7 Å². The lowest BCUT2D eigenvalue weighted by Crippen LogP contribution is -2.33. The number of aromatic nitrogens is 3. The molecule has 0 amide bonds. The van der Waals surface area contributed by atoms with Crippen molar-refractivity contribution in [1.29, 1.82) is 0 Å². The Kier molecular flexibility index (Phi) is 3.83. The number of aromatic amines is 1. The number of para-hydroxylation sites is 2. The molecule has 4 nitrogen and oxygen atoms in total. The predicted octanol–water partition coefficient (Wildman–Crippen LogP) is 1.99. The van der Waals surface area contributed by atoms with E-state index in [9.17, 15) is 4.79 Å². The van der Waals surface area contributed by atoms with Crippen LogP contribution in [0, 0.1) is 12.3 Å². The predicted molar refractivity (Wildman–Crippen MR) is 105 cm³/mol. The van der Waals surface area contributed by atoms with Gasteiger partial charge in [-0.2, -0.15) is 0 Å². The monoisotopic (exact) mass is 339 g/mol. The summed E-state index contributed by atoms with van der Waals surface area (Å²) in [5.41, 5.74) is 2.63. The minimum absolute atomic E-state index is 0.130. The van der Waals surface area contributed by atoms with Gasteiger partial charge in [0.05, 0.1) is 22.8 Å². The molecule has 2 aromatic heterocycles. The van der Waals surface area contributed by atoms with Gasteiger partial charge in [-0.25, -0.2) is 4.68 Å². The summed E-state index contributed by atoms with van der Waals surface area (Å²) in [5.74, 6) is 2.67. The highest BCUT2D eigenvalue weighted by Gasteiger charge is 2.08. The summed E-state index contributed by atoms with van der Waals surface area (Å²) in [6.45, 7) is 4.48. The molecule has 1 N–H and O–H groups in total. The van der Waals surface area contributed by atoms with Crippen molar-refractivity contribution in [2.45, 2.75) is 6.54 Å². The summed E-state index contributed by atoms with van der Waals surface area (Å²) in [4.78, 5) is 12.9. The number of rotatable bonds is 3. The van der Waals surface area contributed by atoms with Crippen molar-refractivity contribution in [2.75, 3.05) is 0 Å². The molecule has 0 bridgehead atoms. The van der Waals surface area contributed by atoms with E-state index >= 15 is 0 Å². The number of nitrogens with zero attached hydrogens (tertiary/aromatic N) is 2. The third-order valence-electron chi connectivity index (χ3n) is 4.40. The van der Waals surface area contributed by atoms with Crippen molar-refractivity contribution < 1.29 is 0 Å². The van der Waals surface area contributed by atoms with E-state index in [1.807, 2.05) is 71.4 Å². The number of fused-ring (bicyclic) bond motifs is 1. The standard InChI is InChI=1S/C22H17N3O/c1-3-13-24-15-17(19-11-7-8-12-21(19)24)14-20-16(2)23-25(22(20)26)18-9-5-4-6-10-18/h1,4-12,14-15,23H,2,13H2/b20-14-. The van der Waals surface area contributed by atoms with Gasteiger partial charge in [-0.1, -0.05) is 48.9 Å². The van der Waals surface area contributed by atoms with Crippen LogP contribution in [-0.4, -0.2) is 14.3 Å². The lowest BCUT2D eigenvalue weighted by molar-refractivity contribution is 0.838. The van der Waals surface area contributed by atoms with Gasteiger partial charge < -0.3 is 4.57 Å². The molecule has 4 aromatic rings. The molecule has 0 aliphatic carbocycles. The SMILES string of the molecule is C#CCn1cc(/C=c2/c(=C)[nH]n(-c3ccccc3)c2=O)c2ccccc21. The van der Waals surface area contributed by atoms with Crippen LogP contribution in [0.3, 0.4) is 0 Å². The van der Waals surface area contributed by atoms with E-state index in [4.69, 9.17) is 6.42 Å². The number of terminal acetylenes is 1. The van der Waals surface area contributed by atoms with Gasteiger partial charge in [0.2, 0.25) is 0 Å². The van der Waals surface area contributed by atoms with Crippen LogP contribution in [0.5, 0.6) is 0 Å². The zero-order valence-electron chi connectivity index (χ0n) is 14.1. The Morgan fingerprint density at radius 3 is 2.62 bits per heavy atom. The maximum atomic E-state index is 12.9. The number of hydrogen-bond acceptors (Lipinski definition) is 1. The van der Waals surface area contributed by atoms with Crippen LogP contribution < -0.4 is 16.1 Å². The first-order valence-corrected chi connectivity index (χ1v) is 8.27. The van der Waals surface area contributed by atoms with Gasteiger partial charge >= 0.3 is 0 Å². The van der Waals surface area contributed by atoms with Gasteiger partial charge in [0.15, 0.2) is 0 Å². The van der Waals surface area contributed by atoms with Crippen molar-refractivity contribution in [1.82, 2.24) is 14.3 Å². The van der Waals surface area contributed by atoms with Crippen LogP contribution in [0.1, 0.15) is 5.56 Å². The van der Waals surface area contributed by atoms with Crippen LogP contribution in [0.15, 0.2) is 65.6 Å². The quantitative estimate of drug-likeness (QED) is 0.570. The van der Waals surface area contributed by atoms with Crippen LogP contribution in [0.2, 0.25) is 0 Å². The molecule has 4 rings (SSSR count). The number of nitrogens with one attached hydrogen (secondary N) is 1. The van der Waals surface area contributed by atoms with Gasteiger partial charge in [-0.3, -0.25) is 9.89 Å². The average molecular weight is 339 g/mol.